The molecule has 1 aromatic carbocycles. The van der Waals surface area contributed by atoms with Gasteiger partial charge in [0.2, 0.25) is 0 Å². The summed E-state index contributed by atoms with van der Waals surface area (Å²) in [5.74, 6) is 0.0272. The minimum absolute atomic E-state index is 0.333. The molecule has 0 aliphatic rings. The van der Waals surface area contributed by atoms with Gasteiger partial charge in [-0.3, -0.25) is 0 Å². The third-order valence-corrected chi connectivity index (χ3v) is 2.13. The van der Waals surface area contributed by atoms with Crippen molar-refractivity contribution in [1.82, 2.24) is 4.98 Å². The van der Waals surface area contributed by atoms with Crippen molar-refractivity contribution >= 4 is 28.2 Å². The van der Waals surface area contributed by atoms with Crippen LogP contribution in [0, 0.1) is 5.82 Å². The largest absolute Gasteiger partial charge is 0.383 e. The average Bonchev–Trinajstić information content (AvgIpc) is 2.27. The monoisotopic (exact) mass is 226 g/mol. The molecule has 0 fully saturated rings. The molecule has 2 nitrogen and oxygen atoms in total. The Bertz CT molecular complexity index is 471. The molecule has 2 aromatic rings. The maximum atomic E-state index is 12.8. The Hall–Kier alpha value is -1.35. The van der Waals surface area contributed by atoms with E-state index in [0.29, 0.717) is 21.6 Å². The van der Waals surface area contributed by atoms with Crippen LogP contribution >= 0.6 is 11.6 Å². The molecule has 0 aliphatic heterocycles. The van der Waals surface area contributed by atoms with Gasteiger partial charge >= 0.3 is 0 Å². The SMILES string of the molecule is CC.Nc1ncc(Cl)c2cc(F)ccc12. The third-order valence-electron chi connectivity index (χ3n) is 1.83. The number of fused-ring (bicyclic) bond motifs is 1. The predicted molar refractivity (Wildman–Crippen MR) is 62.5 cm³/mol. The van der Waals surface area contributed by atoms with Gasteiger partial charge in [0.25, 0.3) is 0 Å². The fraction of sp³-hybridized carbons (Fsp3) is 0.182. The third kappa shape index (κ3) is 2.36. The van der Waals surface area contributed by atoms with Gasteiger partial charge in [0.05, 0.1) is 5.02 Å². The van der Waals surface area contributed by atoms with Crippen molar-refractivity contribution in [2.45, 2.75) is 13.8 Å². The summed E-state index contributed by atoms with van der Waals surface area (Å²) in [7, 11) is 0. The van der Waals surface area contributed by atoms with Gasteiger partial charge in [-0.15, -0.1) is 0 Å². The van der Waals surface area contributed by atoms with Crippen LogP contribution in [0.3, 0.4) is 0 Å². The Kier molecular flexibility index (Phi) is 3.86. The maximum Gasteiger partial charge on any atom is 0.131 e. The zero-order chi connectivity index (χ0) is 11.4. The summed E-state index contributed by atoms with van der Waals surface area (Å²) in [6.45, 7) is 4.00. The number of aromatic nitrogens is 1. The topological polar surface area (TPSA) is 38.9 Å². The number of nitrogen functional groups attached to an aromatic ring is 1. The second kappa shape index (κ2) is 4.94. The van der Waals surface area contributed by atoms with Crippen LogP contribution in [-0.4, -0.2) is 4.98 Å². The van der Waals surface area contributed by atoms with Crippen molar-refractivity contribution in [3.63, 3.8) is 0 Å². The summed E-state index contributed by atoms with van der Waals surface area (Å²) in [5.41, 5.74) is 5.58. The first-order chi connectivity index (χ1) is 7.18. The zero-order valence-corrected chi connectivity index (χ0v) is 9.35. The quantitative estimate of drug-likeness (QED) is 0.745. The van der Waals surface area contributed by atoms with Crippen LogP contribution in [0.2, 0.25) is 5.02 Å². The molecule has 0 spiro atoms. The average molecular weight is 227 g/mol. The van der Waals surface area contributed by atoms with Crippen LogP contribution in [0.4, 0.5) is 10.2 Å². The number of hydrogen-bond donors (Lipinski definition) is 1. The first-order valence-corrected chi connectivity index (χ1v) is 5.05. The van der Waals surface area contributed by atoms with E-state index in [9.17, 15) is 4.39 Å². The molecule has 1 aromatic heterocycles. The van der Waals surface area contributed by atoms with E-state index in [4.69, 9.17) is 17.3 Å². The molecule has 15 heavy (non-hydrogen) atoms. The number of rotatable bonds is 0. The second-order valence-corrected chi connectivity index (χ2v) is 3.09. The van der Waals surface area contributed by atoms with Crippen LogP contribution in [0.25, 0.3) is 10.8 Å². The lowest BCUT2D eigenvalue weighted by atomic mass is 10.1. The molecule has 0 saturated heterocycles. The van der Waals surface area contributed by atoms with Gasteiger partial charge in [-0.05, 0) is 18.2 Å². The summed E-state index contributed by atoms with van der Waals surface area (Å²) in [4.78, 5) is 3.86. The minimum Gasteiger partial charge on any atom is -0.383 e. The lowest BCUT2D eigenvalue weighted by molar-refractivity contribution is 0.630. The van der Waals surface area contributed by atoms with Crippen molar-refractivity contribution in [1.29, 1.82) is 0 Å². The van der Waals surface area contributed by atoms with Gasteiger partial charge in [-0.25, -0.2) is 9.37 Å². The molecular weight excluding hydrogens is 215 g/mol. The van der Waals surface area contributed by atoms with Gasteiger partial charge in [0.15, 0.2) is 0 Å². The number of benzene rings is 1. The highest BCUT2D eigenvalue weighted by molar-refractivity contribution is 6.35. The van der Waals surface area contributed by atoms with E-state index < -0.39 is 0 Å². The van der Waals surface area contributed by atoms with Crippen molar-refractivity contribution in [2.75, 3.05) is 5.73 Å². The van der Waals surface area contributed by atoms with Crippen molar-refractivity contribution in [3.05, 3.63) is 35.2 Å². The molecule has 2 rings (SSSR count). The van der Waals surface area contributed by atoms with E-state index in [1.54, 1.807) is 6.07 Å². The number of halogens is 2. The highest BCUT2D eigenvalue weighted by atomic mass is 35.5. The van der Waals surface area contributed by atoms with Gasteiger partial charge in [-0.1, -0.05) is 25.4 Å². The zero-order valence-electron chi connectivity index (χ0n) is 8.59. The Labute approximate surface area is 92.9 Å². The van der Waals surface area contributed by atoms with E-state index >= 15 is 0 Å². The first kappa shape index (κ1) is 11.7. The van der Waals surface area contributed by atoms with Crippen molar-refractivity contribution in [2.24, 2.45) is 0 Å². The normalized spacial score (nSPS) is 9.60. The van der Waals surface area contributed by atoms with Gasteiger partial charge < -0.3 is 5.73 Å². The lowest BCUT2D eigenvalue weighted by Gasteiger charge is -2.02. The van der Waals surface area contributed by atoms with Crippen LogP contribution < -0.4 is 5.73 Å². The van der Waals surface area contributed by atoms with Crippen LogP contribution in [-0.2, 0) is 0 Å². The maximum absolute atomic E-state index is 12.8. The summed E-state index contributed by atoms with van der Waals surface area (Å²) in [5, 5.41) is 1.67. The Balaban J connectivity index is 0.000000531. The van der Waals surface area contributed by atoms with Crippen molar-refractivity contribution < 1.29 is 4.39 Å². The summed E-state index contributed by atoms with van der Waals surface area (Å²) in [6, 6.07) is 4.24. The molecule has 80 valence electrons. The molecule has 4 heteroatoms. The Morgan fingerprint density at radius 1 is 1.27 bits per heavy atom. The fourth-order valence-electron chi connectivity index (χ4n) is 1.20. The van der Waals surface area contributed by atoms with E-state index in [0.717, 1.165) is 0 Å². The fourth-order valence-corrected chi connectivity index (χ4v) is 1.41. The number of hydrogen-bond acceptors (Lipinski definition) is 2. The van der Waals surface area contributed by atoms with E-state index in [1.807, 2.05) is 13.8 Å². The molecule has 0 atom stereocenters. The molecule has 0 bridgehead atoms. The molecular formula is C11H12ClFN2. The number of anilines is 1. The van der Waals surface area contributed by atoms with E-state index in [1.165, 1.54) is 18.3 Å². The summed E-state index contributed by atoms with van der Waals surface area (Å²) in [6.07, 6.45) is 1.42. The molecule has 2 N–H and O–H groups in total. The predicted octanol–water partition coefficient (Wildman–Crippen LogP) is 3.64. The molecule has 0 saturated carbocycles. The number of nitrogens with zero attached hydrogens (tertiary/aromatic N) is 1. The molecule has 0 aliphatic carbocycles. The van der Waals surface area contributed by atoms with E-state index in [2.05, 4.69) is 4.98 Å². The van der Waals surface area contributed by atoms with Gasteiger partial charge in [0.1, 0.15) is 11.6 Å². The smallest absolute Gasteiger partial charge is 0.131 e. The lowest BCUT2D eigenvalue weighted by Crippen LogP contribution is -1.91. The second-order valence-electron chi connectivity index (χ2n) is 2.68. The highest BCUT2D eigenvalue weighted by Gasteiger charge is 2.04. The van der Waals surface area contributed by atoms with Gasteiger partial charge in [-0.2, -0.15) is 0 Å². The van der Waals surface area contributed by atoms with Crippen molar-refractivity contribution in [3.8, 4) is 0 Å². The van der Waals surface area contributed by atoms with Crippen LogP contribution in [0.15, 0.2) is 24.4 Å². The summed E-state index contributed by atoms with van der Waals surface area (Å²) >= 11 is 5.82. The Morgan fingerprint density at radius 2 is 1.93 bits per heavy atom. The molecule has 0 amide bonds. The first-order valence-electron chi connectivity index (χ1n) is 4.68. The van der Waals surface area contributed by atoms with Gasteiger partial charge in [0, 0.05) is 17.0 Å². The van der Waals surface area contributed by atoms with Crippen LogP contribution in [0.5, 0.6) is 0 Å². The van der Waals surface area contributed by atoms with E-state index in [-0.39, 0.29) is 5.82 Å². The Morgan fingerprint density at radius 3 is 2.60 bits per heavy atom. The van der Waals surface area contributed by atoms with Crippen LogP contribution in [0.1, 0.15) is 13.8 Å². The molecule has 1 heterocycles. The highest BCUT2D eigenvalue weighted by Crippen LogP contribution is 2.26. The summed E-state index contributed by atoms with van der Waals surface area (Å²) < 4.78 is 12.8. The molecule has 0 radical (unpaired) electrons. The number of pyridine rings is 1. The minimum atomic E-state index is -0.333. The standard InChI is InChI=1S/C9H6ClFN2.C2H6/c10-8-4-13-9(12)6-2-1-5(11)3-7(6)8;1-2/h1-4H,(H2,12,13);1-2H3. The molecule has 0 unspecified atom stereocenters. The number of nitrogens with two attached hydrogens (primary N) is 1.